The zero-order valence-electron chi connectivity index (χ0n) is 19.0. The van der Waals surface area contributed by atoms with Gasteiger partial charge in [0.15, 0.2) is 0 Å². The van der Waals surface area contributed by atoms with Gasteiger partial charge in [0.1, 0.15) is 11.4 Å². The first-order valence-electron chi connectivity index (χ1n) is 10.9. The van der Waals surface area contributed by atoms with Crippen LogP contribution in [0.5, 0.6) is 5.75 Å². The van der Waals surface area contributed by atoms with Gasteiger partial charge in [-0.2, -0.15) is 0 Å². The fraction of sp³-hybridized carbons (Fsp3) is 0.591. The molecule has 0 spiro atoms. The standard InChI is InChI=1S/C22H31N5O5/c1-13(2)12-31-22(30)23-11-18-20(25-26-27(18)4)17-8-9-19(14(3)24-17)32-16-7-5-6-15(10-16)21(28)29/h8-9,13,15-16H,5-7,10-12H2,1-4H3,(H,23,30)(H,28,29)/t15?,16-/m0/s1. The lowest BCUT2D eigenvalue weighted by molar-refractivity contribution is -0.143. The van der Waals surface area contributed by atoms with Crippen molar-refractivity contribution in [3.05, 3.63) is 23.5 Å². The number of ether oxygens (including phenoxy) is 2. The highest BCUT2D eigenvalue weighted by atomic mass is 16.5. The zero-order valence-corrected chi connectivity index (χ0v) is 19.0. The number of hydrogen-bond acceptors (Lipinski definition) is 7. The van der Waals surface area contributed by atoms with E-state index in [1.165, 1.54) is 0 Å². The lowest BCUT2D eigenvalue weighted by Crippen LogP contribution is -2.29. The number of carboxylic acid groups (broad SMARTS) is 1. The van der Waals surface area contributed by atoms with Crippen molar-refractivity contribution in [2.75, 3.05) is 6.61 Å². The van der Waals surface area contributed by atoms with Crippen LogP contribution in [0, 0.1) is 18.8 Å². The second kappa shape index (κ2) is 10.4. The number of amides is 1. The predicted octanol–water partition coefficient (Wildman–Crippen LogP) is 3.09. The maximum atomic E-state index is 11.9. The Hall–Kier alpha value is -3.17. The van der Waals surface area contributed by atoms with Crippen LogP contribution in [0.1, 0.15) is 50.9 Å². The van der Waals surface area contributed by atoms with E-state index < -0.39 is 12.1 Å². The first-order chi connectivity index (χ1) is 15.2. The molecule has 0 radical (unpaired) electrons. The molecule has 1 aliphatic rings. The summed E-state index contributed by atoms with van der Waals surface area (Å²) in [5.74, 6) is -0.236. The van der Waals surface area contributed by atoms with Crippen LogP contribution in [0.2, 0.25) is 0 Å². The maximum Gasteiger partial charge on any atom is 0.407 e. The number of aromatic nitrogens is 4. The number of alkyl carbamates (subject to hydrolysis) is 1. The van der Waals surface area contributed by atoms with Crippen LogP contribution in [0.25, 0.3) is 11.4 Å². The van der Waals surface area contributed by atoms with Gasteiger partial charge in [-0.3, -0.25) is 4.79 Å². The molecular formula is C22H31N5O5. The number of pyridine rings is 1. The van der Waals surface area contributed by atoms with Crippen LogP contribution < -0.4 is 10.1 Å². The number of aliphatic carboxylic acids is 1. The van der Waals surface area contributed by atoms with Crippen LogP contribution in [0.3, 0.4) is 0 Å². The van der Waals surface area contributed by atoms with Gasteiger partial charge in [-0.25, -0.2) is 14.5 Å². The second-order valence-corrected chi connectivity index (χ2v) is 8.58. The van der Waals surface area contributed by atoms with E-state index in [0.29, 0.717) is 48.0 Å². The van der Waals surface area contributed by atoms with Gasteiger partial charge < -0.3 is 19.9 Å². The number of carboxylic acids is 1. The first-order valence-corrected chi connectivity index (χ1v) is 10.9. The zero-order chi connectivity index (χ0) is 23.3. The number of hydrogen-bond donors (Lipinski definition) is 2. The first kappa shape index (κ1) is 23.5. The molecule has 1 amide bonds. The summed E-state index contributed by atoms with van der Waals surface area (Å²) in [4.78, 5) is 27.8. The molecule has 0 bridgehead atoms. The minimum absolute atomic E-state index is 0.135. The fourth-order valence-corrected chi connectivity index (χ4v) is 3.68. The van der Waals surface area contributed by atoms with Crippen molar-refractivity contribution in [2.24, 2.45) is 18.9 Å². The molecule has 1 unspecified atom stereocenters. The summed E-state index contributed by atoms with van der Waals surface area (Å²) >= 11 is 0. The summed E-state index contributed by atoms with van der Waals surface area (Å²) in [7, 11) is 1.75. The van der Waals surface area contributed by atoms with Gasteiger partial charge in [0.25, 0.3) is 0 Å². The summed E-state index contributed by atoms with van der Waals surface area (Å²) in [6.45, 7) is 6.33. The van der Waals surface area contributed by atoms with Crippen LogP contribution in [0.15, 0.2) is 12.1 Å². The van der Waals surface area contributed by atoms with E-state index in [2.05, 4.69) is 20.6 Å². The molecule has 10 heteroatoms. The molecule has 174 valence electrons. The molecule has 32 heavy (non-hydrogen) atoms. The van der Waals surface area contributed by atoms with E-state index >= 15 is 0 Å². The molecule has 0 aromatic carbocycles. The lowest BCUT2D eigenvalue weighted by atomic mass is 9.87. The quantitative estimate of drug-likeness (QED) is 0.634. The monoisotopic (exact) mass is 445 g/mol. The van der Waals surface area contributed by atoms with E-state index in [1.807, 2.05) is 26.8 Å². The fourth-order valence-electron chi connectivity index (χ4n) is 3.68. The Bertz CT molecular complexity index is 958. The smallest absolute Gasteiger partial charge is 0.407 e. The highest BCUT2D eigenvalue weighted by Crippen LogP contribution is 2.30. The van der Waals surface area contributed by atoms with Gasteiger partial charge in [0, 0.05) is 7.05 Å². The van der Waals surface area contributed by atoms with Crippen LogP contribution >= 0.6 is 0 Å². The molecule has 1 aliphatic carbocycles. The highest BCUT2D eigenvalue weighted by molar-refractivity contribution is 5.70. The van der Waals surface area contributed by atoms with E-state index in [9.17, 15) is 14.7 Å². The topological polar surface area (TPSA) is 128 Å². The molecule has 2 atom stereocenters. The van der Waals surface area contributed by atoms with Crippen molar-refractivity contribution >= 4 is 12.1 Å². The Labute approximate surface area is 187 Å². The van der Waals surface area contributed by atoms with Crippen molar-refractivity contribution in [3.8, 4) is 17.1 Å². The summed E-state index contributed by atoms with van der Waals surface area (Å²) < 4.78 is 12.8. The summed E-state index contributed by atoms with van der Waals surface area (Å²) in [5, 5.41) is 20.3. The molecule has 3 rings (SSSR count). The number of nitrogens with one attached hydrogen (secondary N) is 1. The number of carbonyl (C=O) groups excluding carboxylic acids is 1. The van der Waals surface area contributed by atoms with Crippen LogP contribution in [-0.2, 0) is 23.1 Å². The van der Waals surface area contributed by atoms with Gasteiger partial charge in [-0.15, -0.1) is 5.10 Å². The molecule has 0 saturated heterocycles. The SMILES string of the molecule is Cc1nc(-c2nnn(C)c2CNC(=O)OCC(C)C)ccc1O[C@H]1CCCC(C(=O)O)C1. The Morgan fingerprint density at radius 1 is 1.31 bits per heavy atom. The van der Waals surface area contributed by atoms with Crippen LogP contribution in [0.4, 0.5) is 4.79 Å². The molecule has 10 nitrogen and oxygen atoms in total. The Kier molecular flexibility index (Phi) is 7.66. The summed E-state index contributed by atoms with van der Waals surface area (Å²) in [5.41, 5.74) is 2.56. The highest BCUT2D eigenvalue weighted by Gasteiger charge is 2.28. The van der Waals surface area contributed by atoms with Gasteiger partial charge in [0.05, 0.1) is 42.3 Å². The lowest BCUT2D eigenvalue weighted by Gasteiger charge is -2.27. The molecule has 0 aliphatic heterocycles. The molecule has 2 N–H and O–H groups in total. The van der Waals surface area contributed by atoms with E-state index in [4.69, 9.17) is 9.47 Å². The van der Waals surface area contributed by atoms with Crippen molar-refractivity contribution in [2.45, 2.75) is 59.1 Å². The summed E-state index contributed by atoms with van der Waals surface area (Å²) in [6.07, 6.45) is 2.23. The number of rotatable bonds is 8. The number of aryl methyl sites for hydroxylation is 2. The van der Waals surface area contributed by atoms with Crippen molar-refractivity contribution in [1.29, 1.82) is 0 Å². The predicted molar refractivity (Wildman–Crippen MR) is 116 cm³/mol. The van der Waals surface area contributed by atoms with E-state index in [0.717, 1.165) is 12.8 Å². The molecular weight excluding hydrogens is 414 g/mol. The van der Waals surface area contributed by atoms with Gasteiger partial charge in [0.2, 0.25) is 0 Å². The van der Waals surface area contributed by atoms with E-state index in [1.54, 1.807) is 17.8 Å². The maximum absolute atomic E-state index is 11.9. The number of carbonyl (C=O) groups is 2. The normalized spacial score (nSPS) is 18.4. The largest absolute Gasteiger partial charge is 0.489 e. The van der Waals surface area contributed by atoms with Crippen molar-refractivity contribution < 1.29 is 24.2 Å². The Morgan fingerprint density at radius 3 is 2.78 bits per heavy atom. The Morgan fingerprint density at radius 2 is 2.09 bits per heavy atom. The third kappa shape index (κ3) is 5.95. The van der Waals surface area contributed by atoms with Gasteiger partial charge in [-0.1, -0.05) is 19.1 Å². The van der Waals surface area contributed by atoms with Gasteiger partial charge in [-0.05, 0) is 50.7 Å². The molecule has 2 aromatic heterocycles. The van der Waals surface area contributed by atoms with Crippen molar-refractivity contribution in [3.63, 3.8) is 0 Å². The average molecular weight is 446 g/mol. The molecule has 1 saturated carbocycles. The molecule has 2 aromatic rings. The average Bonchev–Trinajstić information content (AvgIpc) is 3.12. The molecule has 2 heterocycles. The Balaban J connectivity index is 1.68. The van der Waals surface area contributed by atoms with Crippen LogP contribution in [-0.4, -0.2) is 49.9 Å². The number of nitrogens with zero attached hydrogens (tertiary/aromatic N) is 4. The minimum Gasteiger partial charge on any atom is -0.489 e. The van der Waals surface area contributed by atoms with E-state index in [-0.39, 0.29) is 24.5 Å². The third-order valence-corrected chi connectivity index (χ3v) is 5.44. The van der Waals surface area contributed by atoms with Gasteiger partial charge >= 0.3 is 12.1 Å². The molecule has 1 fully saturated rings. The second-order valence-electron chi connectivity index (χ2n) is 8.58. The minimum atomic E-state index is -0.764. The third-order valence-electron chi connectivity index (χ3n) is 5.44. The summed E-state index contributed by atoms with van der Waals surface area (Å²) in [6, 6.07) is 3.62. The van der Waals surface area contributed by atoms with Crippen molar-refractivity contribution in [1.82, 2.24) is 25.3 Å².